The van der Waals surface area contributed by atoms with Crippen molar-refractivity contribution >= 4 is 22.4 Å². The Labute approximate surface area is 115 Å². The molecule has 0 spiro atoms. The molecule has 0 saturated heterocycles. The minimum absolute atomic E-state index is 0.269. The van der Waals surface area contributed by atoms with Crippen molar-refractivity contribution in [3.63, 3.8) is 0 Å². The second-order valence-corrected chi connectivity index (χ2v) is 6.09. The van der Waals surface area contributed by atoms with Crippen LogP contribution in [-0.4, -0.2) is 15.6 Å². The highest BCUT2D eigenvalue weighted by Gasteiger charge is 2.18. The molecule has 0 unspecified atom stereocenters. The molecule has 0 aliphatic heterocycles. The standard InChI is InChI=1S/C14H14N2O2S/c1-14(2,3)18-10-5-4-9(13-15-6-7-19-13)12-11(10)16-8-17-12/h4-8H,1-3H3. The molecule has 3 rings (SSSR count). The van der Waals surface area contributed by atoms with Gasteiger partial charge in [0.25, 0.3) is 0 Å². The quantitative estimate of drug-likeness (QED) is 0.705. The second kappa shape index (κ2) is 4.35. The maximum absolute atomic E-state index is 5.91. The molecule has 2 heterocycles. The summed E-state index contributed by atoms with van der Waals surface area (Å²) < 4.78 is 11.4. The molecule has 0 atom stereocenters. The summed E-state index contributed by atoms with van der Waals surface area (Å²) >= 11 is 1.57. The summed E-state index contributed by atoms with van der Waals surface area (Å²) in [6.07, 6.45) is 3.22. The Morgan fingerprint density at radius 3 is 2.74 bits per heavy atom. The van der Waals surface area contributed by atoms with E-state index in [-0.39, 0.29) is 5.60 Å². The molecule has 19 heavy (non-hydrogen) atoms. The van der Waals surface area contributed by atoms with E-state index in [0.29, 0.717) is 0 Å². The highest BCUT2D eigenvalue weighted by atomic mass is 32.1. The van der Waals surface area contributed by atoms with Gasteiger partial charge < -0.3 is 9.15 Å². The van der Waals surface area contributed by atoms with Gasteiger partial charge >= 0.3 is 0 Å². The summed E-state index contributed by atoms with van der Waals surface area (Å²) in [6, 6.07) is 3.89. The molecule has 98 valence electrons. The lowest BCUT2D eigenvalue weighted by Crippen LogP contribution is -2.23. The van der Waals surface area contributed by atoms with E-state index in [1.165, 1.54) is 6.39 Å². The number of nitrogens with zero attached hydrogens (tertiary/aromatic N) is 2. The lowest BCUT2D eigenvalue weighted by molar-refractivity contribution is 0.133. The highest BCUT2D eigenvalue weighted by molar-refractivity contribution is 7.13. The first-order valence-electron chi connectivity index (χ1n) is 6.00. The smallest absolute Gasteiger partial charge is 0.182 e. The Hall–Kier alpha value is -1.88. The minimum Gasteiger partial charge on any atom is -0.486 e. The van der Waals surface area contributed by atoms with Gasteiger partial charge in [0, 0.05) is 11.6 Å². The minimum atomic E-state index is -0.269. The van der Waals surface area contributed by atoms with Crippen molar-refractivity contribution < 1.29 is 9.15 Å². The molecule has 0 bridgehead atoms. The summed E-state index contributed by atoms with van der Waals surface area (Å²) in [5.41, 5.74) is 2.14. The predicted octanol–water partition coefficient (Wildman–Crippen LogP) is 4.13. The van der Waals surface area contributed by atoms with Crippen LogP contribution >= 0.6 is 11.3 Å². The van der Waals surface area contributed by atoms with Crippen LogP contribution in [0.4, 0.5) is 0 Å². The predicted molar refractivity (Wildman–Crippen MR) is 75.5 cm³/mol. The Morgan fingerprint density at radius 1 is 1.21 bits per heavy atom. The van der Waals surface area contributed by atoms with E-state index in [1.807, 2.05) is 38.3 Å². The van der Waals surface area contributed by atoms with Gasteiger partial charge in [-0.25, -0.2) is 9.97 Å². The molecule has 3 aromatic rings. The first-order chi connectivity index (χ1) is 9.04. The van der Waals surface area contributed by atoms with E-state index in [1.54, 1.807) is 17.5 Å². The average Bonchev–Trinajstić information content (AvgIpc) is 2.98. The van der Waals surface area contributed by atoms with E-state index in [2.05, 4.69) is 9.97 Å². The zero-order valence-corrected chi connectivity index (χ0v) is 11.8. The highest BCUT2D eigenvalue weighted by Crippen LogP contribution is 2.35. The fourth-order valence-electron chi connectivity index (χ4n) is 1.86. The van der Waals surface area contributed by atoms with Gasteiger partial charge in [-0.05, 0) is 32.9 Å². The van der Waals surface area contributed by atoms with Crippen LogP contribution in [-0.2, 0) is 0 Å². The lowest BCUT2D eigenvalue weighted by Gasteiger charge is -2.21. The largest absolute Gasteiger partial charge is 0.486 e. The van der Waals surface area contributed by atoms with Crippen LogP contribution in [0.3, 0.4) is 0 Å². The number of ether oxygens (including phenoxy) is 1. The van der Waals surface area contributed by atoms with Gasteiger partial charge in [-0.3, -0.25) is 0 Å². The summed E-state index contributed by atoms with van der Waals surface area (Å²) in [5.74, 6) is 0.733. The van der Waals surface area contributed by atoms with E-state index in [4.69, 9.17) is 9.15 Å². The SMILES string of the molecule is CC(C)(C)Oc1ccc(-c2nccs2)c2ocnc12. The van der Waals surface area contributed by atoms with E-state index < -0.39 is 0 Å². The van der Waals surface area contributed by atoms with Crippen LogP contribution in [0.15, 0.2) is 34.5 Å². The maximum atomic E-state index is 5.91. The molecule has 0 aliphatic rings. The summed E-state index contributed by atoms with van der Waals surface area (Å²) in [7, 11) is 0. The molecular weight excluding hydrogens is 260 g/mol. The summed E-state index contributed by atoms with van der Waals surface area (Å²) in [5, 5.41) is 2.86. The average molecular weight is 274 g/mol. The normalized spacial score (nSPS) is 11.9. The molecule has 0 N–H and O–H groups in total. The van der Waals surface area contributed by atoms with Gasteiger partial charge in [0.2, 0.25) is 0 Å². The number of hydrogen-bond donors (Lipinski definition) is 0. The van der Waals surface area contributed by atoms with E-state index in [0.717, 1.165) is 27.4 Å². The molecule has 0 fully saturated rings. The van der Waals surface area contributed by atoms with Crippen molar-refractivity contribution in [1.82, 2.24) is 9.97 Å². The Bertz CT molecular complexity index is 696. The van der Waals surface area contributed by atoms with Crippen molar-refractivity contribution in [3.8, 4) is 16.3 Å². The van der Waals surface area contributed by atoms with Crippen LogP contribution in [0.1, 0.15) is 20.8 Å². The van der Waals surface area contributed by atoms with Gasteiger partial charge in [0.1, 0.15) is 16.4 Å². The number of rotatable bonds is 2. The third-order valence-electron chi connectivity index (χ3n) is 2.53. The van der Waals surface area contributed by atoms with Crippen LogP contribution < -0.4 is 4.74 Å². The van der Waals surface area contributed by atoms with Crippen molar-refractivity contribution in [2.45, 2.75) is 26.4 Å². The van der Waals surface area contributed by atoms with Crippen LogP contribution in [0.25, 0.3) is 21.7 Å². The van der Waals surface area contributed by atoms with Crippen molar-refractivity contribution in [2.75, 3.05) is 0 Å². The van der Waals surface area contributed by atoms with Crippen LogP contribution in [0.5, 0.6) is 5.75 Å². The molecule has 0 saturated carbocycles. The van der Waals surface area contributed by atoms with Crippen molar-refractivity contribution in [2.24, 2.45) is 0 Å². The first kappa shape index (κ1) is 12.2. The molecule has 2 aromatic heterocycles. The number of fused-ring (bicyclic) bond motifs is 1. The van der Waals surface area contributed by atoms with Gasteiger partial charge in [-0.15, -0.1) is 11.3 Å². The summed E-state index contributed by atoms with van der Waals surface area (Å²) in [4.78, 5) is 8.57. The van der Waals surface area contributed by atoms with Gasteiger partial charge in [0.05, 0.1) is 5.56 Å². The third-order valence-corrected chi connectivity index (χ3v) is 3.33. The molecule has 1 aromatic carbocycles. The Balaban J connectivity index is 2.15. The number of benzene rings is 1. The second-order valence-electron chi connectivity index (χ2n) is 5.19. The number of thiazole rings is 1. The zero-order valence-electron chi connectivity index (χ0n) is 11.0. The Kier molecular flexibility index (Phi) is 2.78. The molecule has 0 amide bonds. The van der Waals surface area contributed by atoms with Crippen molar-refractivity contribution in [1.29, 1.82) is 0 Å². The lowest BCUT2D eigenvalue weighted by atomic mass is 10.1. The fraction of sp³-hybridized carbons (Fsp3) is 0.286. The number of aromatic nitrogens is 2. The summed E-state index contributed by atoms with van der Waals surface area (Å²) in [6.45, 7) is 6.02. The van der Waals surface area contributed by atoms with Crippen molar-refractivity contribution in [3.05, 3.63) is 30.1 Å². The molecular formula is C14H14N2O2S. The topological polar surface area (TPSA) is 48.2 Å². The monoisotopic (exact) mass is 274 g/mol. The molecule has 4 nitrogen and oxygen atoms in total. The van der Waals surface area contributed by atoms with Gasteiger partial charge in [-0.1, -0.05) is 0 Å². The number of hydrogen-bond acceptors (Lipinski definition) is 5. The number of oxazole rings is 1. The van der Waals surface area contributed by atoms with E-state index >= 15 is 0 Å². The third kappa shape index (κ3) is 2.33. The van der Waals surface area contributed by atoms with Gasteiger partial charge in [0.15, 0.2) is 17.5 Å². The van der Waals surface area contributed by atoms with Gasteiger partial charge in [-0.2, -0.15) is 0 Å². The Morgan fingerprint density at radius 2 is 2.05 bits per heavy atom. The first-order valence-corrected chi connectivity index (χ1v) is 6.88. The maximum Gasteiger partial charge on any atom is 0.182 e. The van der Waals surface area contributed by atoms with Crippen LogP contribution in [0.2, 0.25) is 0 Å². The molecule has 0 aliphatic carbocycles. The van der Waals surface area contributed by atoms with E-state index in [9.17, 15) is 0 Å². The molecule has 5 heteroatoms. The zero-order chi connectivity index (χ0) is 13.5. The molecule has 0 radical (unpaired) electrons. The van der Waals surface area contributed by atoms with Crippen LogP contribution in [0, 0.1) is 0 Å². The fourth-order valence-corrected chi connectivity index (χ4v) is 2.52.